The van der Waals surface area contributed by atoms with E-state index >= 15 is 0 Å². The van der Waals surface area contributed by atoms with E-state index in [0.717, 1.165) is 32.4 Å². The summed E-state index contributed by atoms with van der Waals surface area (Å²) in [6, 6.07) is 0. The number of hydrogen-bond donors (Lipinski definition) is 1. The average molecular weight is 202 g/mol. The van der Waals surface area contributed by atoms with E-state index in [9.17, 15) is 4.79 Å². The van der Waals surface area contributed by atoms with Gasteiger partial charge < -0.3 is 4.90 Å². The van der Waals surface area contributed by atoms with Gasteiger partial charge >= 0.3 is 0 Å². The Hall–Kier alpha value is -0.220. The third-order valence-corrected chi connectivity index (χ3v) is 3.16. The molecule has 0 radical (unpaired) electrons. The number of hydrogen-bond acceptors (Lipinski definition) is 3. The first kappa shape index (κ1) is 10.9. The molecule has 1 amide bonds. The fraction of sp³-hybridized carbons (Fsp3) is 0.889. The van der Waals surface area contributed by atoms with Crippen molar-refractivity contribution in [1.82, 2.24) is 4.90 Å². The highest BCUT2D eigenvalue weighted by molar-refractivity contribution is 7.97. The molecule has 0 aromatic rings. The van der Waals surface area contributed by atoms with Crippen molar-refractivity contribution < 1.29 is 4.79 Å². The van der Waals surface area contributed by atoms with Crippen LogP contribution in [0.2, 0.25) is 0 Å². The van der Waals surface area contributed by atoms with E-state index in [4.69, 9.17) is 5.14 Å². The number of piperidine rings is 1. The van der Waals surface area contributed by atoms with Gasteiger partial charge in [0.25, 0.3) is 0 Å². The van der Waals surface area contributed by atoms with E-state index in [1.807, 2.05) is 11.8 Å². The number of carbonyl (C=O) groups is 1. The normalized spacial score (nSPS) is 23.2. The summed E-state index contributed by atoms with van der Waals surface area (Å²) in [4.78, 5) is 13.5. The highest BCUT2D eigenvalue weighted by Crippen LogP contribution is 2.18. The highest BCUT2D eigenvalue weighted by Gasteiger charge is 2.22. The van der Waals surface area contributed by atoms with Crippen LogP contribution in [0.4, 0.5) is 0 Å². The molecule has 1 saturated heterocycles. The third kappa shape index (κ3) is 3.19. The van der Waals surface area contributed by atoms with Crippen LogP contribution in [0, 0.1) is 0 Å². The second kappa shape index (κ2) is 5.50. The van der Waals surface area contributed by atoms with E-state index in [1.165, 1.54) is 11.9 Å². The molecule has 1 atom stereocenters. The van der Waals surface area contributed by atoms with Gasteiger partial charge in [-0.1, -0.05) is 18.9 Å². The number of rotatable bonds is 3. The Kier molecular flexibility index (Phi) is 4.59. The lowest BCUT2D eigenvalue weighted by atomic mass is 10.1. The molecule has 0 aromatic carbocycles. The molecule has 1 fully saturated rings. The molecule has 0 bridgehead atoms. The monoisotopic (exact) mass is 202 g/mol. The molecular formula is C9H18N2OS. The summed E-state index contributed by atoms with van der Waals surface area (Å²) >= 11 is 1.39. The van der Waals surface area contributed by atoms with Crippen molar-refractivity contribution in [2.24, 2.45) is 5.14 Å². The maximum Gasteiger partial charge on any atom is 0.222 e. The van der Waals surface area contributed by atoms with Gasteiger partial charge in [0.05, 0.1) is 0 Å². The van der Waals surface area contributed by atoms with Crippen LogP contribution in [0.1, 0.15) is 32.6 Å². The van der Waals surface area contributed by atoms with Crippen LogP contribution in [-0.4, -0.2) is 29.1 Å². The van der Waals surface area contributed by atoms with E-state index in [0.29, 0.717) is 17.6 Å². The van der Waals surface area contributed by atoms with Crippen LogP contribution in [0.25, 0.3) is 0 Å². The SMILES string of the molecule is CCCC(=O)N1CCCC(SN)C1. The molecule has 0 spiro atoms. The standard InChI is InChI=1S/C9H18N2OS/c1-2-4-9(12)11-6-3-5-8(7-11)13-10/h8H,2-7,10H2,1H3. The molecule has 76 valence electrons. The van der Waals surface area contributed by atoms with E-state index in [-0.39, 0.29) is 0 Å². The zero-order valence-electron chi connectivity index (χ0n) is 8.16. The Bertz CT molecular complexity index is 175. The second-order valence-electron chi connectivity index (χ2n) is 3.49. The van der Waals surface area contributed by atoms with Crippen LogP contribution in [0.3, 0.4) is 0 Å². The van der Waals surface area contributed by atoms with Crippen molar-refractivity contribution in [2.75, 3.05) is 13.1 Å². The number of amides is 1. The first-order valence-electron chi connectivity index (χ1n) is 4.91. The van der Waals surface area contributed by atoms with Gasteiger partial charge in [-0.2, -0.15) is 0 Å². The zero-order chi connectivity index (χ0) is 9.68. The van der Waals surface area contributed by atoms with Crippen LogP contribution in [0.15, 0.2) is 0 Å². The van der Waals surface area contributed by atoms with E-state index in [1.54, 1.807) is 0 Å². The first-order valence-corrected chi connectivity index (χ1v) is 5.85. The number of nitrogens with two attached hydrogens (primary N) is 1. The minimum atomic E-state index is 0.293. The lowest BCUT2D eigenvalue weighted by molar-refractivity contribution is -0.131. The zero-order valence-corrected chi connectivity index (χ0v) is 8.98. The molecule has 1 rings (SSSR count). The van der Waals surface area contributed by atoms with Crippen LogP contribution in [-0.2, 0) is 4.79 Å². The minimum Gasteiger partial charge on any atom is -0.342 e. The molecule has 0 aromatic heterocycles. The van der Waals surface area contributed by atoms with Crippen molar-refractivity contribution in [2.45, 2.75) is 37.9 Å². The van der Waals surface area contributed by atoms with Gasteiger partial charge in [0, 0.05) is 24.8 Å². The van der Waals surface area contributed by atoms with Crippen molar-refractivity contribution in [3.8, 4) is 0 Å². The highest BCUT2D eigenvalue weighted by atomic mass is 32.2. The van der Waals surface area contributed by atoms with Crippen molar-refractivity contribution >= 4 is 17.9 Å². The number of nitrogens with zero attached hydrogens (tertiary/aromatic N) is 1. The average Bonchev–Trinajstić information content (AvgIpc) is 2.18. The summed E-state index contributed by atoms with van der Waals surface area (Å²) in [7, 11) is 0. The number of carbonyl (C=O) groups excluding carboxylic acids is 1. The van der Waals surface area contributed by atoms with Crippen LogP contribution < -0.4 is 5.14 Å². The van der Waals surface area contributed by atoms with Crippen molar-refractivity contribution in [3.63, 3.8) is 0 Å². The van der Waals surface area contributed by atoms with Gasteiger partial charge in [0.1, 0.15) is 0 Å². The summed E-state index contributed by atoms with van der Waals surface area (Å²) in [6.45, 7) is 3.81. The van der Waals surface area contributed by atoms with Crippen LogP contribution in [0.5, 0.6) is 0 Å². The molecular weight excluding hydrogens is 184 g/mol. The maximum absolute atomic E-state index is 11.5. The van der Waals surface area contributed by atoms with Crippen LogP contribution >= 0.6 is 11.9 Å². The van der Waals surface area contributed by atoms with Gasteiger partial charge in [0.15, 0.2) is 0 Å². The third-order valence-electron chi connectivity index (χ3n) is 2.39. The molecule has 2 N–H and O–H groups in total. The van der Waals surface area contributed by atoms with Gasteiger partial charge in [0.2, 0.25) is 5.91 Å². The largest absolute Gasteiger partial charge is 0.342 e. The van der Waals surface area contributed by atoms with E-state index < -0.39 is 0 Å². The molecule has 1 unspecified atom stereocenters. The molecule has 4 heteroatoms. The van der Waals surface area contributed by atoms with Gasteiger partial charge in [-0.15, -0.1) is 0 Å². The summed E-state index contributed by atoms with van der Waals surface area (Å²) in [5.74, 6) is 0.293. The summed E-state index contributed by atoms with van der Waals surface area (Å²) in [5.41, 5.74) is 0. The Morgan fingerprint density at radius 3 is 3.08 bits per heavy atom. The lowest BCUT2D eigenvalue weighted by Crippen LogP contribution is -2.41. The molecule has 0 saturated carbocycles. The minimum absolute atomic E-state index is 0.293. The Balaban J connectivity index is 2.37. The number of likely N-dealkylation sites (tertiary alicyclic amines) is 1. The maximum atomic E-state index is 11.5. The van der Waals surface area contributed by atoms with Gasteiger partial charge in [-0.05, 0) is 19.3 Å². The van der Waals surface area contributed by atoms with Gasteiger partial charge in [-0.25, -0.2) is 0 Å². The molecule has 0 aliphatic carbocycles. The predicted octanol–water partition coefficient (Wildman–Crippen LogP) is 1.38. The Morgan fingerprint density at radius 1 is 1.69 bits per heavy atom. The fourth-order valence-corrected chi connectivity index (χ4v) is 2.22. The molecule has 3 nitrogen and oxygen atoms in total. The lowest BCUT2D eigenvalue weighted by Gasteiger charge is -2.31. The topological polar surface area (TPSA) is 46.3 Å². The summed E-state index contributed by atoms with van der Waals surface area (Å²) in [6.07, 6.45) is 3.87. The predicted molar refractivity (Wildman–Crippen MR) is 56.3 cm³/mol. The molecule has 13 heavy (non-hydrogen) atoms. The van der Waals surface area contributed by atoms with E-state index in [2.05, 4.69) is 0 Å². The molecule has 1 heterocycles. The summed E-state index contributed by atoms with van der Waals surface area (Å²) < 4.78 is 0. The second-order valence-corrected chi connectivity index (χ2v) is 4.43. The Labute approximate surface area is 84.2 Å². The van der Waals surface area contributed by atoms with Gasteiger partial charge in [-0.3, -0.25) is 9.93 Å². The van der Waals surface area contributed by atoms with Crippen molar-refractivity contribution in [3.05, 3.63) is 0 Å². The smallest absolute Gasteiger partial charge is 0.222 e. The first-order chi connectivity index (χ1) is 6.27. The molecule has 1 aliphatic heterocycles. The Morgan fingerprint density at radius 2 is 2.46 bits per heavy atom. The quantitative estimate of drug-likeness (QED) is 0.703. The van der Waals surface area contributed by atoms with Crippen molar-refractivity contribution in [1.29, 1.82) is 0 Å². The molecule has 1 aliphatic rings. The fourth-order valence-electron chi connectivity index (χ4n) is 1.65. The summed E-state index contributed by atoms with van der Waals surface area (Å²) in [5, 5.41) is 5.97.